The van der Waals surface area contributed by atoms with Crippen LogP contribution < -0.4 is 19.5 Å². The predicted molar refractivity (Wildman–Crippen MR) is 119 cm³/mol. The number of methoxy groups -OCH3 is 3. The Morgan fingerprint density at radius 3 is 2.35 bits per heavy atom. The van der Waals surface area contributed by atoms with E-state index in [9.17, 15) is 0 Å². The summed E-state index contributed by atoms with van der Waals surface area (Å²) in [6.07, 6.45) is 5.49. The number of nitrogens with one attached hydrogen (secondary N) is 1. The molecule has 0 unspecified atom stereocenters. The highest BCUT2D eigenvalue weighted by atomic mass is 35.5. The quantitative estimate of drug-likeness (QED) is 0.418. The van der Waals surface area contributed by atoms with Gasteiger partial charge in [-0.2, -0.15) is 9.97 Å². The molecule has 0 saturated heterocycles. The summed E-state index contributed by atoms with van der Waals surface area (Å²) < 4.78 is 20.1. The fourth-order valence-electron chi connectivity index (χ4n) is 3.38. The third kappa shape index (κ3) is 3.84. The van der Waals surface area contributed by atoms with E-state index in [0.717, 1.165) is 16.7 Å². The van der Waals surface area contributed by atoms with Crippen molar-refractivity contribution in [2.24, 2.45) is 0 Å². The smallest absolute Gasteiger partial charge is 0.226 e. The standard InChI is InChI=1S/C21H23ClN6O3/c1-12(2)28-7-6-14-19(25-21(22)26-20(14)28)24-17-10-27(11-23-17)13-8-15(29-3)18(31-5)16(9-13)30-4/h6-12H,1-5H3,(H,24,25,26). The van der Waals surface area contributed by atoms with Gasteiger partial charge in [-0.3, -0.25) is 0 Å². The molecule has 0 bridgehead atoms. The lowest BCUT2D eigenvalue weighted by molar-refractivity contribution is 0.324. The zero-order valence-electron chi connectivity index (χ0n) is 17.9. The first-order valence-electron chi connectivity index (χ1n) is 9.60. The number of hydrogen-bond acceptors (Lipinski definition) is 7. The van der Waals surface area contributed by atoms with Crippen LogP contribution in [0.4, 0.5) is 11.6 Å². The molecule has 0 atom stereocenters. The summed E-state index contributed by atoms with van der Waals surface area (Å²) in [5.74, 6) is 2.82. The molecule has 1 aromatic carbocycles. The number of rotatable bonds is 7. The molecule has 10 heteroatoms. The fraction of sp³-hybridized carbons (Fsp3) is 0.286. The van der Waals surface area contributed by atoms with Gasteiger partial charge in [0.2, 0.25) is 11.0 Å². The maximum atomic E-state index is 6.18. The molecule has 1 N–H and O–H groups in total. The Morgan fingerprint density at radius 2 is 1.74 bits per heavy atom. The van der Waals surface area contributed by atoms with Crippen LogP contribution in [0.25, 0.3) is 16.7 Å². The first kappa shape index (κ1) is 20.8. The molecule has 0 aliphatic carbocycles. The molecule has 0 radical (unpaired) electrons. The third-order valence-corrected chi connectivity index (χ3v) is 5.05. The Bertz CT molecular complexity index is 1210. The maximum Gasteiger partial charge on any atom is 0.226 e. The third-order valence-electron chi connectivity index (χ3n) is 4.88. The molecule has 9 nitrogen and oxygen atoms in total. The average molecular weight is 443 g/mol. The molecular formula is C21H23ClN6O3. The van der Waals surface area contributed by atoms with Crippen LogP contribution >= 0.6 is 11.6 Å². The minimum absolute atomic E-state index is 0.166. The van der Waals surface area contributed by atoms with E-state index in [1.807, 2.05) is 39.7 Å². The Hall–Kier alpha value is -3.46. The maximum absolute atomic E-state index is 6.18. The van der Waals surface area contributed by atoms with Gasteiger partial charge >= 0.3 is 0 Å². The van der Waals surface area contributed by atoms with Crippen molar-refractivity contribution >= 4 is 34.3 Å². The largest absolute Gasteiger partial charge is 0.493 e. The number of imidazole rings is 1. The van der Waals surface area contributed by atoms with Crippen LogP contribution in [0.5, 0.6) is 17.2 Å². The summed E-state index contributed by atoms with van der Waals surface area (Å²) in [6.45, 7) is 4.17. The van der Waals surface area contributed by atoms with Crippen LogP contribution in [0.15, 0.2) is 36.9 Å². The molecule has 4 aromatic rings. The van der Waals surface area contributed by atoms with Crippen LogP contribution in [-0.2, 0) is 0 Å². The van der Waals surface area contributed by atoms with Crippen molar-refractivity contribution in [3.63, 3.8) is 0 Å². The van der Waals surface area contributed by atoms with Gasteiger partial charge in [0, 0.05) is 24.4 Å². The number of halogens is 1. The van der Waals surface area contributed by atoms with Gasteiger partial charge in [0.1, 0.15) is 23.6 Å². The van der Waals surface area contributed by atoms with Gasteiger partial charge in [-0.25, -0.2) is 4.98 Å². The van der Waals surface area contributed by atoms with Crippen LogP contribution in [0, 0.1) is 0 Å². The molecule has 0 spiro atoms. The lowest BCUT2D eigenvalue weighted by Gasteiger charge is -2.14. The van der Waals surface area contributed by atoms with Crippen molar-refractivity contribution in [2.75, 3.05) is 26.6 Å². The van der Waals surface area contributed by atoms with Crippen molar-refractivity contribution in [1.82, 2.24) is 24.1 Å². The van der Waals surface area contributed by atoms with Crippen molar-refractivity contribution in [3.05, 3.63) is 42.2 Å². The second kappa shape index (κ2) is 8.35. The molecule has 0 aliphatic rings. The van der Waals surface area contributed by atoms with Crippen molar-refractivity contribution in [3.8, 4) is 22.9 Å². The molecule has 31 heavy (non-hydrogen) atoms. The van der Waals surface area contributed by atoms with Crippen molar-refractivity contribution < 1.29 is 14.2 Å². The summed E-state index contributed by atoms with van der Waals surface area (Å²) in [4.78, 5) is 13.2. The van der Waals surface area contributed by atoms with Crippen molar-refractivity contribution in [2.45, 2.75) is 19.9 Å². The summed E-state index contributed by atoms with van der Waals surface area (Å²) in [5, 5.41) is 4.27. The molecule has 0 saturated carbocycles. The number of nitrogens with zero attached hydrogens (tertiary/aromatic N) is 5. The molecule has 162 valence electrons. The minimum atomic E-state index is 0.166. The second-order valence-corrected chi connectivity index (χ2v) is 7.41. The lowest BCUT2D eigenvalue weighted by Crippen LogP contribution is -2.02. The number of ether oxygens (including phenoxy) is 3. The first-order chi connectivity index (χ1) is 14.9. The molecule has 3 aromatic heterocycles. The average Bonchev–Trinajstić information content (AvgIpc) is 3.39. The second-order valence-electron chi connectivity index (χ2n) is 7.07. The van der Waals surface area contributed by atoms with Crippen LogP contribution in [0.2, 0.25) is 5.28 Å². The summed E-state index contributed by atoms with van der Waals surface area (Å²) >= 11 is 6.18. The number of hydrogen-bond donors (Lipinski definition) is 1. The molecule has 4 rings (SSSR count). The Morgan fingerprint density at radius 1 is 1.03 bits per heavy atom. The van der Waals surface area contributed by atoms with E-state index in [2.05, 4.69) is 34.1 Å². The van der Waals surface area contributed by atoms with E-state index in [0.29, 0.717) is 28.9 Å². The SMILES string of the molecule is COc1cc(-n2cnc(Nc3nc(Cl)nc4c3ccn4C(C)C)c2)cc(OC)c1OC. The number of anilines is 2. The van der Waals surface area contributed by atoms with E-state index in [4.69, 9.17) is 25.8 Å². The molecule has 0 aliphatic heterocycles. The highest BCUT2D eigenvalue weighted by Crippen LogP contribution is 2.39. The van der Waals surface area contributed by atoms with Crippen LogP contribution in [0.1, 0.15) is 19.9 Å². The van der Waals surface area contributed by atoms with Gasteiger partial charge in [-0.1, -0.05) is 0 Å². The monoisotopic (exact) mass is 442 g/mol. The van der Waals surface area contributed by atoms with Gasteiger partial charge in [0.25, 0.3) is 0 Å². The van der Waals surface area contributed by atoms with Gasteiger partial charge in [-0.05, 0) is 31.5 Å². The number of fused-ring (bicyclic) bond motifs is 1. The van der Waals surface area contributed by atoms with E-state index in [1.54, 1.807) is 27.7 Å². The zero-order chi connectivity index (χ0) is 22.1. The number of benzene rings is 1. The first-order valence-corrected chi connectivity index (χ1v) is 9.98. The lowest BCUT2D eigenvalue weighted by atomic mass is 10.2. The minimum Gasteiger partial charge on any atom is -0.493 e. The number of aromatic nitrogens is 5. The summed E-state index contributed by atoms with van der Waals surface area (Å²) in [5.41, 5.74) is 1.56. The molecule has 3 heterocycles. The highest BCUT2D eigenvalue weighted by Gasteiger charge is 2.16. The van der Waals surface area contributed by atoms with Gasteiger partial charge < -0.3 is 28.7 Å². The fourth-order valence-corrected chi connectivity index (χ4v) is 3.55. The van der Waals surface area contributed by atoms with E-state index < -0.39 is 0 Å². The van der Waals surface area contributed by atoms with Crippen LogP contribution in [-0.4, -0.2) is 45.4 Å². The van der Waals surface area contributed by atoms with E-state index in [1.165, 1.54) is 0 Å². The molecular weight excluding hydrogens is 420 g/mol. The Labute approximate surface area is 184 Å². The van der Waals surface area contributed by atoms with Crippen molar-refractivity contribution in [1.29, 1.82) is 0 Å². The Kier molecular flexibility index (Phi) is 5.60. The zero-order valence-corrected chi connectivity index (χ0v) is 18.6. The highest BCUT2D eigenvalue weighted by molar-refractivity contribution is 6.28. The molecule has 0 amide bonds. The topological polar surface area (TPSA) is 88.2 Å². The van der Waals surface area contributed by atoms with E-state index in [-0.39, 0.29) is 11.3 Å². The normalized spacial score (nSPS) is 11.2. The Balaban J connectivity index is 1.70. The van der Waals surface area contributed by atoms with Crippen LogP contribution in [0.3, 0.4) is 0 Å². The predicted octanol–water partition coefficient (Wildman–Crippen LogP) is 4.62. The van der Waals surface area contributed by atoms with Gasteiger partial charge in [-0.15, -0.1) is 0 Å². The molecule has 0 fully saturated rings. The van der Waals surface area contributed by atoms with Gasteiger partial charge in [0.05, 0.1) is 38.6 Å². The summed E-state index contributed by atoms with van der Waals surface area (Å²) in [6, 6.07) is 5.89. The summed E-state index contributed by atoms with van der Waals surface area (Å²) in [7, 11) is 4.73. The van der Waals surface area contributed by atoms with Gasteiger partial charge in [0.15, 0.2) is 11.5 Å². The van der Waals surface area contributed by atoms with E-state index >= 15 is 0 Å².